The maximum absolute atomic E-state index is 12.8. The molecule has 0 radical (unpaired) electrons. The monoisotopic (exact) mass is 431 g/mol. The Kier molecular flexibility index (Phi) is 8.40. The van der Waals surface area contributed by atoms with Crippen molar-refractivity contribution < 1.29 is 14.7 Å². The minimum atomic E-state index is -0.269. The summed E-state index contributed by atoms with van der Waals surface area (Å²) in [5.74, 6) is -0.186. The van der Waals surface area contributed by atoms with E-state index in [-0.39, 0.29) is 31.1 Å². The Balaban J connectivity index is 1.60. The molecule has 3 aromatic carbocycles. The van der Waals surface area contributed by atoms with Crippen molar-refractivity contribution in [3.05, 3.63) is 102 Å². The number of aliphatic hydroxyl groups is 1. The van der Waals surface area contributed by atoms with E-state index in [0.29, 0.717) is 24.2 Å². The highest BCUT2D eigenvalue weighted by Gasteiger charge is 2.17. The van der Waals surface area contributed by atoms with Gasteiger partial charge in [0.05, 0.1) is 12.6 Å². The first-order chi connectivity index (χ1) is 15.6. The molecule has 0 aliphatic heterocycles. The van der Waals surface area contributed by atoms with Crippen molar-refractivity contribution in [1.29, 1.82) is 0 Å². The Labute approximate surface area is 188 Å². The first-order valence-electron chi connectivity index (χ1n) is 10.7. The van der Waals surface area contributed by atoms with Crippen LogP contribution in [0.25, 0.3) is 0 Å². The molecule has 32 heavy (non-hydrogen) atoms. The number of benzene rings is 3. The predicted octanol–water partition coefficient (Wildman–Crippen LogP) is 4.25. The number of amides is 3. The Bertz CT molecular complexity index is 1010. The third-order valence-electron chi connectivity index (χ3n) is 5.19. The van der Waals surface area contributed by atoms with Crippen LogP contribution in [0.4, 0.5) is 10.5 Å². The molecule has 3 aromatic rings. The molecule has 0 fully saturated rings. The number of aliphatic hydroxyl groups excluding tert-OH is 1. The zero-order valence-corrected chi connectivity index (χ0v) is 18.2. The highest BCUT2D eigenvalue weighted by molar-refractivity contribution is 6.04. The van der Waals surface area contributed by atoms with Gasteiger partial charge in [-0.15, -0.1) is 0 Å². The molecular formula is C26H29N3O3. The van der Waals surface area contributed by atoms with Crippen LogP contribution in [0.5, 0.6) is 0 Å². The van der Waals surface area contributed by atoms with Crippen molar-refractivity contribution in [1.82, 2.24) is 10.2 Å². The van der Waals surface area contributed by atoms with Crippen molar-refractivity contribution in [3.63, 3.8) is 0 Å². The fourth-order valence-corrected chi connectivity index (χ4v) is 3.38. The summed E-state index contributed by atoms with van der Waals surface area (Å²) in [4.78, 5) is 26.8. The van der Waals surface area contributed by atoms with Gasteiger partial charge in [-0.25, -0.2) is 4.79 Å². The average molecular weight is 432 g/mol. The first kappa shape index (κ1) is 23.0. The topological polar surface area (TPSA) is 81.7 Å². The molecule has 0 aliphatic rings. The molecule has 0 aliphatic carbocycles. The molecule has 0 aromatic heterocycles. The third-order valence-corrected chi connectivity index (χ3v) is 5.19. The molecule has 0 saturated carbocycles. The number of anilines is 1. The van der Waals surface area contributed by atoms with Gasteiger partial charge in [-0.05, 0) is 48.7 Å². The lowest BCUT2D eigenvalue weighted by Gasteiger charge is -2.25. The van der Waals surface area contributed by atoms with Gasteiger partial charge in [0.15, 0.2) is 0 Å². The molecular weight excluding hydrogens is 402 g/mol. The van der Waals surface area contributed by atoms with Gasteiger partial charge in [0.2, 0.25) is 0 Å². The van der Waals surface area contributed by atoms with Gasteiger partial charge in [-0.3, -0.25) is 4.79 Å². The quantitative estimate of drug-likeness (QED) is 0.474. The maximum atomic E-state index is 12.8. The van der Waals surface area contributed by atoms with Crippen molar-refractivity contribution in [2.75, 3.05) is 25.0 Å². The van der Waals surface area contributed by atoms with Crippen molar-refractivity contribution in [2.24, 2.45) is 0 Å². The molecule has 6 nitrogen and oxygen atoms in total. The van der Waals surface area contributed by atoms with Gasteiger partial charge in [-0.1, -0.05) is 60.7 Å². The van der Waals surface area contributed by atoms with E-state index in [0.717, 1.165) is 11.1 Å². The van der Waals surface area contributed by atoms with Gasteiger partial charge in [0, 0.05) is 24.3 Å². The van der Waals surface area contributed by atoms with Crippen LogP contribution >= 0.6 is 0 Å². The Morgan fingerprint density at radius 1 is 0.906 bits per heavy atom. The lowest BCUT2D eigenvalue weighted by atomic mass is 10.1. The minimum Gasteiger partial charge on any atom is -0.395 e. The number of rotatable bonds is 9. The molecule has 0 heterocycles. The molecule has 3 rings (SSSR count). The number of urea groups is 1. The average Bonchev–Trinajstić information content (AvgIpc) is 2.83. The highest BCUT2D eigenvalue weighted by atomic mass is 16.3. The lowest BCUT2D eigenvalue weighted by molar-refractivity contribution is 0.102. The fourth-order valence-electron chi connectivity index (χ4n) is 3.38. The van der Waals surface area contributed by atoms with Crippen molar-refractivity contribution >= 4 is 17.6 Å². The number of nitrogens with zero attached hydrogens (tertiary/aromatic N) is 1. The standard InChI is InChI=1S/C26H29N3O3/c1-20(27-26(32)29(17-18-30)16-15-21-9-4-2-5-10-21)23-13-8-14-24(19-23)28-25(31)22-11-6-3-7-12-22/h2-14,19-20,30H,15-18H2,1H3,(H,27,32)(H,28,31). The van der Waals surface area contributed by atoms with Gasteiger partial charge in [-0.2, -0.15) is 0 Å². The third kappa shape index (κ3) is 6.68. The van der Waals surface area contributed by atoms with Gasteiger partial charge < -0.3 is 20.6 Å². The number of nitrogens with one attached hydrogen (secondary N) is 2. The molecule has 3 amide bonds. The number of hydrogen-bond donors (Lipinski definition) is 3. The second-order valence-corrected chi connectivity index (χ2v) is 7.56. The summed E-state index contributed by atoms with van der Waals surface area (Å²) < 4.78 is 0. The summed E-state index contributed by atoms with van der Waals surface area (Å²) in [6.07, 6.45) is 0.712. The molecule has 1 unspecified atom stereocenters. The Morgan fingerprint density at radius 3 is 2.28 bits per heavy atom. The van der Waals surface area contributed by atoms with Crippen molar-refractivity contribution in [2.45, 2.75) is 19.4 Å². The number of carbonyl (C=O) groups excluding carboxylic acids is 2. The van der Waals surface area contributed by atoms with Crippen LogP contribution < -0.4 is 10.6 Å². The molecule has 0 bridgehead atoms. The van der Waals surface area contributed by atoms with Gasteiger partial charge in [0.1, 0.15) is 0 Å². The largest absolute Gasteiger partial charge is 0.395 e. The molecule has 0 saturated heterocycles. The summed E-state index contributed by atoms with van der Waals surface area (Å²) in [5.41, 5.74) is 3.25. The highest BCUT2D eigenvalue weighted by Crippen LogP contribution is 2.18. The van der Waals surface area contributed by atoms with Crippen LogP contribution in [0.3, 0.4) is 0 Å². The van der Waals surface area contributed by atoms with Crippen LogP contribution in [0.15, 0.2) is 84.9 Å². The number of hydrogen-bond acceptors (Lipinski definition) is 3. The lowest BCUT2D eigenvalue weighted by Crippen LogP contribution is -2.43. The van der Waals surface area contributed by atoms with Crippen LogP contribution in [0.1, 0.15) is 34.5 Å². The Morgan fingerprint density at radius 2 is 1.59 bits per heavy atom. The normalized spacial score (nSPS) is 11.4. The SMILES string of the molecule is CC(NC(=O)N(CCO)CCc1ccccc1)c1cccc(NC(=O)c2ccccc2)c1. The van der Waals surface area contributed by atoms with E-state index in [1.165, 1.54) is 0 Å². The smallest absolute Gasteiger partial charge is 0.317 e. The van der Waals surface area contributed by atoms with E-state index in [1.807, 2.05) is 79.7 Å². The van der Waals surface area contributed by atoms with E-state index in [2.05, 4.69) is 10.6 Å². The van der Waals surface area contributed by atoms with Gasteiger partial charge in [0.25, 0.3) is 5.91 Å². The van der Waals surface area contributed by atoms with Crippen LogP contribution in [-0.2, 0) is 6.42 Å². The van der Waals surface area contributed by atoms with E-state index >= 15 is 0 Å². The summed E-state index contributed by atoms with van der Waals surface area (Å²) in [6, 6.07) is 25.9. The van der Waals surface area contributed by atoms with E-state index in [1.54, 1.807) is 17.0 Å². The number of carbonyl (C=O) groups is 2. The molecule has 6 heteroatoms. The van der Waals surface area contributed by atoms with E-state index < -0.39 is 0 Å². The summed E-state index contributed by atoms with van der Waals surface area (Å²) >= 11 is 0. The fraction of sp³-hybridized carbons (Fsp3) is 0.231. The van der Waals surface area contributed by atoms with E-state index in [4.69, 9.17) is 0 Å². The Hall–Kier alpha value is -3.64. The summed E-state index contributed by atoms with van der Waals surface area (Å²) in [7, 11) is 0. The van der Waals surface area contributed by atoms with Crippen LogP contribution in [-0.4, -0.2) is 41.6 Å². The second kappa shape index (κ2) is 11.7. The molecule has 3 N–H and O–H groups in total. The molecule has 166 valence electrons. The van der Waals surface area contributed by atoms with Crippen LogP contribution in [0, 0.1) is 0 Å². The second-order valence-electron chi connectivity index (χ2n) is 7.56. The zero-order chi connectivity index (χ0) is 22.8. The maximum Gasteiger partial charge on any atom is 0.317 e. The van der Waals surface area contributed by atoms with Gasteiger partial charge >= 0.3 is 6.03 Å². The molecule has 1 atom stereocenters. The zero-order valence-electron chi connectivity index (χ0n) is 18.2. The first-order valence-corrected chi connectivity index (χ1v) is 10.7. The van der Waals surface area contributed by atoms with Crippen LogP contribution in [0.2, 0.25) is 0 Å². The summed E-state index contributed by atoms with van der Waals surface area (Å²) in [5, 5.41) is 15.3. The molecule has 0 spiro atoms. The van der Waals surface area contributed by atoms with E-state index in [9.17, 15) is 14.7 Å². The predicted molar refractivity (Wildman–Crippen MR) is 127 cm³/mol. The summed E-state index contributed by atoms with van der Waals surface area (Å²) in [6.45, 7) is 2.57. The minimum absolute atomic E-state index is 0.0996. The van der Waals surface area contributed by atoms with Crippen molar-refractivity contribution in [3.8, 4) is 0 Å².